The molecule has 0 aromatic carbocycles. The van der Waals surface area contributed by atoms with E-state index in [1.807, 2.05) is 20.9 Å². The fourth-order valence-electron chi connectivity index (χ4n) is 2.28. The number of nitrogens with zero attached hydrogens (tertiary/aromatic N) is 4. The van der Waals surface area contributed by atoms with Crippen LogP contribution in [-0.2, 0) is 16.6 Å². The van der Waals surface area contributed by atoms with Gasteiger partial charge in [-0.25, -0.2) is 8.42 Å². The van der Waals surface area contributed by atoms with Crippen molar-refractivity contribution in [3.05, 3.63) is 12.4 Å². The molecule has 0 aliphatic carbocycles. The monoisotopic (exact) mass is 301 g/mol. The smallest absolute Gasteiger partial charge is 0.246 e. The summed E-state index contributed by atoms with van der Waals surface area (Å²) in [4.78, 5) is 2.42. The lowest BCUT2D eigenvalue weighted by molar-refractivity contribution is 0.0801. The molecule has 1 aromatic heterocycles. The fraction of sp³-hybridized carbons (Fsp3) is 0.750. The van der Waals surface area contributed by atoms with E-state index < -0.39 is 10.0 Å². The lowest BCUT2D eigenvalue weighted by Crippen LogP contribution is -2.58. The maximum atomic E-state index is 12.6. The molecule has 0 radical (unpaired) electrons. The highest BCUT2D eigenvalue weighted by molar-refractivity contribution is 7.89. The summed E-state index contributed by atoms with van der Waals surface area (Å²) in [6.45, 7) is 6.76. The Bertz CT molecular complexity index is 566. The van der Waals surface area contributed by atoms with Gasteiger partial charge in [0.2, 0.25) is 10.0 Å². The zero-order valence-electron chi connectivity index (χ0n) is 12.3. The molecule has 0 spiro atoms. The second-order valence-electron chi connectivity index (χ2n) is 5.80. The highest BCUT2D eigenvalue weighted by Crippen LogP contribution is 2.24. The Morgan fingerprint density at radius 2 is 2.10 bits per heavy atom. The minimum atomic E-state index is -3.47. The van der Waals surface area contributed by atoms with Crippen LogP contribution in [0.3, 0.4) is 0 Å². The Morgan fingerprint density at radius 1 is 1.40 bits per heavy atom. The molecule has 8 heteroatoms. The van der Waals surface area contributed by atoms with E-state index in [1.54, 1.807) is 10.9 Å². The molecule has 7 nitrogen and oxygen atoms in total. The number of hydrogen-bond acceptors (Lipinski definition) is 5. The number of aromatic nitrogens is 2. The molecular weight excluding hydrogens is 278 g/mol. The van der Waals surface area contributed by atoms with Crippen LogP contribution in [0.25, 0.3) is 0 Å². The van der Waals surface area contributed by atoms with Gasteiger partial charge in [0.15, 0.2) is 0 Å². The number of hydrogen-bond donors (Lipinski definition) is 1. The van der Waals surface area contributed by atoms with E-state index in [1.165, 1.54) is 10.5 Å². The second-order valence-corrected chi connectivity index (χ2v) is 7.74. The van der Waals surface area contributed by atoms with Crippen molar-refractivity contribution >= 4 is 10.0 Å². The standard InChI is InChI=1S/C12H23N5O2S/c1-12(2)10-17(7-6-15(12)3)20(18,19)11-8-14-16(9-11)5-4-13/h8-9H,4-7,10,13H2,1-3H3. The number of piperazine rings is 1. The number of likely N-dealkylation sites (N-methyl/N-ethyl adjacent to an activating group) is 1. The van der Waals surface area contributed by atoms with Crippen LogP contribution < -0.4 is 5.73 Å². The van der Waals surface area contributed by atoms with Gasteiger partial charge in [-0.05, 0) is 20.9 Å². The van der Waals surface area contributed by atoms with Gasteiger partial charge in [0.05, 0.1) is 12.7 Å². The fourth-order valence-corrected chi connectivity index (χ4v) is 3.82. The molecule has 1 aliphatic rings. The molecule has 114 valence electrons. The summed E-state index contributed by atoms with van der Waals surface area (Å²) in [5.41, 5.74) is 5.28. The van der Waals surface area contributed by atoms with Gasteiger partial charge in [-0.3, -0.25) is 9.58 Å². The molecule has 1 aromatic rings. The summed E-state index contributed by atoms with van der Waals surface area (Å²) in [5, 5.41) is 4.04. The first-order chi connectivity index (χ1) is 9.27. The SMILES string of the molecule is CN1CCN(S(=O)(=O)c2cnn(CCN)c2)CC1(C)C. The Morgan fingerprint density at radius 3 is 2.70 bits per heavy atom. The summed E-state index contributed by atoms with van der Waals surface area (Å²) < 4.78 is 28.3. The van der Waals surface area contributed by atoms with E-state index in [9.17, 15) is 8.42 Å². The predicted molar refractivity (Wildman–Crippen MR) is 76.7 cm³/mol. The van der Waals surface area contributed by atoms with Crippen LogP contribution >= 0.6 is 0 Å². The molecule has 2 rings (SSSR count). The average molecular weight is 301 g/mol. The van der Waals surface area contributed by atoms with Gasteiger partial charge in [0.25, 0.3) is 0 Å². The van der Waals surface area contributed by atoms with E-state index in [4.69, 9.17) is 5.73 Å². The Labute approximate surface area is 120 Å². The maximum Gasteiger partial charge on any atom is 0.246 e. The molecule has 20 heavy (non-hydrogen) atoms. The van der Waals surface area contributed by atoms with Gasteiger partial charge >= 0.3 is 0 Å². The minimum absolute atomic E-state index is 0.168. The normalized spacial score (nSPS) is 21.2. The van der Waals surface area contributed by atoms with Gasteiger partial charge in [-0.2, -0.15) is 9.40 Å². The van der Waals surface area contributed by atoms with Crippen LogP contribution in [0, 0.1) is 0 Å². The quantitative estimate of drug-likeness (QED) is 0.815. The lowest BCUT2D eigenvalue weighted by atomic mass is 10.0. The Hall–Kier alpha value is -0.960. The summed E-state index contributed by atoms with van der Waals surface area (Å²) in [6.07, 6.45) is 2.95. The third-order valence-corrected chi connectivity index (χ3v) is 5.69. The van der Waals surface area contributed by atoms with Crippen LogP contribution in [0.15, 0.2) is 17.3 Å². The Kier molecular flexibility index (Phi) is 4.19. The van der Waals surface area contributed by atoms with E-state index in [0.29, 0.717) is 26.2 Å². The Balaban J connectivity index is 2.21. The van der Waals surface area contributed by atoms with E-state index in [0.717, 1.165) is 6.54 Å². The molecule has 1 fully saturated rings. The minimum Gasteiger partial charge on any atom is -0.329 e. The van der Waals surface area contributed by atoms with Crippen molar-refractivity contribution in [1.29, 1.82) is 0 Å². The van der Waals surface area contributed by atoms with Crippen molar-refractivity contribution in [2.75, 3.05) is 33.2 Å². The lowest BCUT2D eigenvalue weighted by Gasteiger charge is -2.44. The molecule has 0 atom stereocenters. The van der Waals surface area contributed by atoms with Crippen LogP contribution in [0.1, 0.15) is 13.8 Å². The molecule has 0 amide bonds. The number of nitrogens with two attached hydrogens (primary N) is 1. The first-order valence-corrected chi connectivity index (χ1v) is 8.15. The zero-order valence-corrected chi connectivity index (χ0v) is 13.1. The van der Waals surface area contributed by atoms with Crippen molar-refractivity contribution in [2.24, 2.45) is 5.73 Å². The van der Waals surface area contributed by atoms with E-state index in [2.05, 4.69) is 10.00 Å². The summed E-state index contributed by atoms with van der Waals surface area (Å²) >= 11 is 0. The molecule has 1 saturated heterocycles. The van der Waals surface area contributed by atoms with Gasteiger partial charge in [-0.1, -0.05) is 0 Å². The third kappa shape index (κ3) is 2.88. The topological polar surface area (TPSA) is 84.5 Å². The van der Waals surface area contributed by atoms with Crippen LogP contribution in [0.2, 0.25) is 0 Å². The van der Waals surface area contributed by atoms with Crippen LogP contribution in [0.5, 0.6) is 0 Å². The molecule has 2 N–H and O–H groups in total. The van der Waals surface area contributed by atoms with Gasteiger partial charge in [-0.15, -0.1) is 0 Å². The number of sulfonamides is 1. The largest absolute Gasteiger partial charge is 0.329 e. The first-order valence-electron chi connectivity index (χ1n) is 6.71. The molecular formula is C12H23N5O2S. The molecule has 0 unspecified atom stereocenters. The van der Waals surface area contributed by atoms with Gasteiger partial charge in [0.1, 0.15) is 4.90 Å². The molecule has 0 saturated carbocycles. The zero-order chi connectivity index (χ0) is 15.0. The van der Waals surface area contributed by atoms with Crippen molar-refractivity contribution in [1.82, 2.24) is 19.0 Å². The molecule has 1 aliphatic heterocycles. The van der Waals surface area contributed by atoms with E-state index >= 15 is 0 Å². The van der Waals surface area contributed by atoms with Crippen molar-refractivity contribution < 1.29 is 8.42 Å². The maximum absolute atomic E-state index is 12.6. The van der Waals surface area contributed by atoms with Gasteiger partial charge in [0, 0.05) is 37.9 Å². The summed E-state index contributed by atoms with van der Waals surface area (Å²) in [6, 6.07) is 0. The van der Waals surface area contributed by atoms with Crippen molar-refractivity contribution in [2.45, 2.75) is 30.8 Å². The first kappa shape index (κ1) is 15.4. The molecule has 2 heterocycles. The number of rotatable bonds is 4. The van der Waals surface area contributed by atoms with Gasteiger partial charge < -0.3 is 5.73 Å². The van der Waals surface area contributed by atoms with E-state index in [-0.39, 0.29) is 10.4 Å². The van der Waals surface area contributed by atoms with Crippen LogP contribution in [-0.4, -0.2) is 66.2 Å². The summed E-state index contributed by atoms with van der Waals surface area (Å²) in [5.74, 6) is 0. The highest BCUT2D eigenvalue weighted by Gasteiger charge is 2.37. The average Bonchev–Trinajstić information content (AvgIpc) is 2.82. The third-order valence-electron chi connectivity index (χ3n) is 3.89. The van der Waals surface area contributed by atoms with Crippen molar-refractivity contribution in [3.63, 3.8) is 0 Å². The predicted octanol–water partition coefficient (Wildman–Crippen LogP) is -0.443. The highest BCUT2D eigenvalue weighted by atomic mass is 32.2. The molecule has 0 bridgehead atoms. The van der Waals surface area contributed by atoms with Crippen LogP contribution in [0.4, 0.5) is 0 Å². The van der Waals surface area contributed by atoms with Crippen molar-refractivity contribution in [3.8, 4) is 0 Å². The summed E-state index contributed by atoms with van der Waals surface area (Å²) in [7, 11) is -1.45. The second kappa shape index (κ2) is 5.44.